The van der Waals surface area contributed by atoms with Crippen LogP contribution in [0.15, 0.2) is 53.5 Å². The summed E-state index contributed by atoms with van der Waals surface area (Å²) < 4.78 is 2.16. The van der Waals surface area contributed by atoms with Gasteiger partial charge in [0.1, 0.15) is 6.54 Å². The minimum Gasteiger partial charge on any atom is -0.328 e. The third kappa shape index (κ3) is 2.29. The van der Waals surface area contributed by atoms with Gasteiger partial charge in [0.05, 0.1) is 11.1 Å². The summed E-state index contributed by atoms with van der Waals surface area (Å²) in [6.07, 6.45) is 1.51. The van der Waals surface area contributed by atoms with E-state index in [9.17, 15) is 19.2 Å². The van der Waals surface area contributed by atoms with Crippen molar-refractivity contribution >= 4 is 23.4 Å². The topological polar surface area (TPSA) is 103 Å². The van der Waals surface area contributed by atoms with Crippen molar-refractivity contribution in [3.63, 3.8) is 0 Å². The lowest BCUT2D eigenvalue weighted by Crippen LogP contribution is -2.35. The number of amides is 2. The number of hydrogen-bond acceptors (Lipinski definition) is 6. The summed E-state index contributed by atoms with van der Waals surface area (Å²) in [6.45, 7) is -0.534. The Bertz CT molecular complexity index is 1060. The average Bonchev–Trinajstić information content (AvgIpc) is 3.06. The molecule has 9 nitrogen and oxygen atoms in total. The molecule has 0 N–H and O–H groups in total. The zero-order chi connectivity index (χ0) is 17.6. The van der Waals surface area contributed by atoms with Gasteiger partial charge in [-0.15, -0.1) is 5.10 Å². The molecule has 1 aliphatic heterocycles. The number of pyridine rings is 1. The fourth-order valence-electron chi connectivity index (χ4n) is 2.57. The Morgan fingerprint density at radius 3 is 2.24 bits per heavy atom. The smallest absolute Gasteiger partial charge is 0.328 e. The van der Waals surface area contributed by atoms with Crippen LogP contribution in [0, 0.1) is 0 Å². The molecule has 9 heteroatoms. The van der Waals surface area contributed by atoms with E-state index >= 15 is 0 Å². The number of carbonyl (C=O) groups is 3. The standard InChI is InChI=1S/C16H10N4O5/c21-13(9-19-16(24)18-8-4-3-7-12(18)17-19)25-20-14(22)10-5-1-2-6-11(10)15(20)23/h1-8H,9H2. The Morgan fingerprint density at radius 1 is 0.960 bits per heavy atom. The molecule has 0 unspecified atom stereocenters. The van der Waals surface area contributed by atoms with Crippen molar-refractivity contribution in [2.24, 2.45) is 0 Å². The second-order valence-electron chi connectivity index (χ2n) is 5.28. The summed E-state index contributed by atoms with van der Waals surface area (Å²) in [6, 6.07) is 11.1. The molecule has 1 aliphatic rings. The number of benzene rings is 1. The molecule has 3 aromatic rings. The maximum Gasteiger partial charge on any atom is 0.354 e. The van der Waals surface area contributed by atoms with Crippen molar-refractivity contribution in [1.82, 2.24) is 19.2 Å². The summed E-state index contributed by atoms with van der Waals surface area (Å²) in [4.78, 5) is 53.3. The van der Waals surface area contributed by atoms with E-state index in [1.54, 1.807) is 30.3 Å². The molecular weight excluding hydrogens is 328 g/mol. The fourth-order valence-corrected chi connectivity index (χ4v) is 2.57. The summed E-state index contributed by atoms with van der Waals surface area (Å²) in [5.41, 5.74) is 0.145. The number of hydrogen-bond donors (Lipinski definition) is 0. The first-order valence-corrected chi connectivity index (χ1v) is 7.29. The second kappa shape index (κ2) is 5.41. The molecule has 25 heavy (non-hydrogen) atoms. The third-order valence-corrected chi connectivity index (χ3v) is 3.72. The number of imide groups is 1. The van der Waals surface area contributed by atoms with Gasteiger partial charge in [-0.05, 0) is 24.3 Å². The van der Waals surface area contributed by atoms with Gasteiger partial charge in [-0.25, -0.2) is 14.3 Å². The van der Waals surface area contributed by atoms with Crippen LogP contribution in [0.5, 0.6) is 0 Å². The predicted octanol–water partition coefficient (Wildman–Crippen LogP) is 0.250. The molecule has 4 rings (SSSR count). The van der Waals surface area contributed by atoms with Gasteiger partial charge in [-0.2, -0.15) is 0 Å². The van der Waals surface area contributed by atoms with Crippen LogP contribution in [-0.2, 0) is 16.2 Å². The third-order valence-electron chi connectivity index (χ3n) is 3.72. The van der Waals surface area contributed by atoms with Gasteiger partial charge in [0.25, 0.3) is 11.8 Å². The van der Waals surface area contributed by atoms with Crippen LogP contribution in [0.1, 0.15) is 20.7 Å². The largest absolute Gasteiger partial charge is 0.354 e. The Morgan fingerprint density at radius 2 is 1.60 bits per heavy atom. The number of nitrogens with zero attached hydrogens (tertiary/aromatic N) is 4. The van der Waals surface area contributed by atoms with Crippen LogP contribution in [0.3, 0.4) is 0 Å². The molecule has 0 bridgehead atoms. The summed E-state index contributed by atoms with van der Waals surface area (Å²) in [5, 5.41) is 4.38. The van der Waals surface area contributed by atoms with Crippen molar-refractivity contribution in [3.05, 3.63) is 70.3 Å². The monoisotopic (exact) mass is 338 g/mol. The molecule has 2 aromatic heterocycles. The van der Waals surface area contributed by atoms with Gasteiger partial charge in [-0.1, -0.05) is 23.3 Å². The van der Waals surface area contributed by atoms with Crippen LogP contribution in [0.4, 0.5) is 0 Å². The van der Waals surface area contributed by atoms with Crippen LogP contribution in [0.25, 0.3) is 5.65 Å². The van der Waals surface area contributed by atoms with Crippen molar-refractivity contribution in [2.75, 3.05) is 0 Å². The van der Waals surface area contributed by atoms with Gasteiger partial charge >= 0.3 is 11.7 Å². The van der Waals surface area contributed by atoms with Crippen molar-refractivity contribution in [3.8, 4) is 0 Å². The molecule has 0 atom stereocenters. The van der Waals surface area contributed by atoms with Crippen LogP contribution < -0.4 is 5.69 Å². The minimum absolute atomic E-state index is 0.158. The highest BCUT2D eigenvalue weighted by Gasteiger charge is 2.38. The molecule has 0 saturated carbocycles. The van der Waals surface area contributed by atoms with E-state index < -0.39 is 30.0 Å². The minimum atomic E-state index is -0.958. The van der Waals surface area contributed by atoms with E-state index in [1.165, 1.54) is 22.7 Å². The van der Waals surface area contributed by atoms with Crippen molar-refractivity contribution < 1.29 is 19.2 Å². The maximum atomic E-state index is 12.1. The molecule has 0 radical (unpaired) electrons. The highest BCUT2D eigenvalue weighted by atomic mass is 16.7. The van der Waals surface area contributed by atoms with Gasteiger partial charge in [0, 0.05) is 6.20 Å². The van der Waals surface area contributed by atoms with Gasteiger partial charge in [0.15, 0.2) is 5.65 Å². The SMILES string of the molecule is O=C(Cn1nc2ccccn2c1=O)ON1C(=O)c2ccccc2C1=O. The van der Waals surface area contributed by atoms with Crippen LogP contribution in [0.2, 0.25) is 0 Å². The van der Waals surface area contributed by atoms with Gasteiger partial charge < -0.3 is 4.84 Å². The summed E-state index contributed by atoms with van der Waals surface area (Å²) >= 11 is 0. The quantitative estimate of drug-likeness (QED) is 0.634. The lowest BCUT2D eigenvalue weighted by molar-refractivity contribution is -0.169. The zero-order valence-corrected chi connectivity index (χ0v) is 12.7. The number of carbonyl (C=O) groups excluding carboxylic acids is 3. The summed E-state index contributed by atoms with van der Waals surface area (Å²) in [7, 11) is 0. The first kappa shape index (κ1) is 14.8. The Balaban J connectivity index is 1.55. The number of hydroxylamine groups is 2. The highest BCUT2D eigenvalue weighted by Crippen LogP contribution is 2.22. The average molecular weight is 338 g/mol. The van der Waals surface area contributed by atoms with Gasteiger partial charge in [-0.3, -0.25) is 14.0 Å². The van der Waals surface area contributed by atoms with E-state index in [4.69, 9.17) is 4.84 Å². The highest BCUT2D eigenvalue weighted by molar-refractivity contribution is 6.20. The second-order valence-corrected chi connectivity index (χ2v) is 5.28. The van der Waals surface area contributed by atoms with Gasteiger partial charge in [0.2, 0.25) is 0 Å². The van der Waals surface area contributed by atoms with Crippen molar-refractivity contribution in [1.29, 1.82) is 0 Å². The lowest BCUT2D eigenvalue weighted by Gasteiger charge is -2.12. The van der Waals surface area contributed by atoms with Crippen molar-refractivity contribution in [2.45, 2.75) is 6.54 Å². The molecule has 0 saturated heterocycles. The molecule has 2 amide bonds. The number of rotatable bonds is 3. The fraction of sp³-hybridized carbons (Fsp3) is 0.0625. The lowest BCUT2D eigenvalue weighted by atomic mass is 10.1. The van der Waals surface area contributed by atoms with E-state index in [1.807, 2.05) is 0 Å². The van der Waals surface area contributed by atoms with E-state index in [0.29, 0.717) is 10.7 Å². The molecule has 124 valence electrons. The molecular formula is C16H10N4O5. The van der Waals surface area contributed by atoms with E-state index in [2.05, 4.69) is 5.10 Å². The number of fused-ring (bicyclic) bond motifs is 2. The van der Waals surface area contributed by atoms with E-state index in [-0.39, 0.29) is 11.1 Å². The molecule has 0 spiro atoms. The molecule has 3 heterocycles. The first-order chi connectivity index (χ1) is 12.1. The maximum absolute atomic E-state index is 12.1. The number of aromatic nitrogens is 3. The summed E-state index contributed by atoms with van der Waals surface area (Å²) in [5.74, 6) is -2.41. The van der Waals surface area contributed by atoms with Crippen LogP contribution in [-0.4, -0.2) is 37.0 Å². The molecule has 1 aromatic carbocycles. The van der Waals surface area contributed by atoms with E-state index in [0.717, 1.165) is 4.68 Å². The normalized spacial score (nSPS) is 13.4. The Hall–Kier alpha value is -3.75. The first-order valence-electron chi connectivity index (χ1n) is 7.29. The predicted molar refractivity (Wildman–Crippen MR) is 82.5 cm³/mol. The molecule has 0 fully saturated rings. The zero-order valence-electron chi connectivity index (χ0n) is 12.7. The molecule has 0 aliphatic carbocycles. The Labute approximate surface area is 139 Å². The van der Waals surface area contributed by atoms with Crippen LogP contribution >= 0.6 is 0 Å². The Kier molecular flexibility index (Phi) is 3.21.